The molecule has 0 aromatic heterocycles. The third-order valence-electron chi connectivity index (χ3n) is 5.53. The summed E-state index contributed by atoms with van der Waals surface area (Å²) in [5.41, 5.74) is 4.22. The summed E-state index contributed by atoms with van der Waals surface area (Å²) in [5.74, 6) is 1.07. The van der Waals surface area contributed by atoms with Crippen molar-refractivity contribution in [2.24, 2.45) is 0 Å². The Hall–Kier alpha value is -2.35. The molecule has 2 N–H and O–H groups in total. The molecule has 3 aromatic rings. The molecular weight excluding hydrogens is 564 g/mol. The fourth-order valence-corrected chi connectivity index (χ4v) is 5.20. The van der Waals surface area contributed by atoms with E-state index in [0.29, 0.717) is 38.2 Å². The van der Waals surface area contributed by atoms with Crippen LogP contribution >= 0.6 is 31.9 Å². The van der Waals surface area contributed by atoms with Gasteiger partial charge in [-0.2, -0.15) is 0 Å². The molecular formula is C27H28Br2O5. The van der Waals surface area contributed by atoms with Crippen molar-refractivity contribution in [1.82, 2.24) is 0 Å². The SMILES string of the molecule is COc1cc(C(O)c2cccc(C)c2)c(Oc2c(Br)cc(CCC(=O)O)cc2Br)cc1C(C)C. The standard InChI is InChI=1S/C27H28Br2O5/c1-15(2)19-13-24(34-27-21(28)11-17(12-22(27)29)8-9-25(30)31)20(14-23(19)33-4)26(32)18-7-5-6-16(3)10-18/h5-7,10-15,26,32H,8-9H2,1-4H3,(H,30,31). The summed E-state index contributed by atoms with van der Waals surface area (Å²) < 4.78 is 13.4. The van der Waals surface area contributed by atoms with Gasteiger partial charge in [-0.3, -0.25) is 4.79 Å². The number of carboxylic acids is 1. The highest BCUT2D eigenvalue weighted by Gasteiger charge is 2.23. The smallest absolute Gasteiger partial charge is 0.303 e. The van der Waals surface area contributed by atoms with Crippen molar-refractivity contribution in [2.75, 3.05) is 7.11 Å². The van der Waals surface area contributed by atoms with Crippen LogP contribution in [-0.4, -0.2) is 23.3 Å². The maximum atomic E-state index is 11.3. The van der Waals surface area contributed by atoms with E-state index in [1.54, 1.807) is 7.11 Å². The van der Waals surface area contributed by atoms with Crippen LogP contribution in [0.25, 0.3) is 0 Å². The maximum absolute atomic E-state index is 11.3. The zero-order valence-electron chi connectivity index (χ0n) is 19.6. The van der Waals surface area contributed by atoms with Crippen LogP contribution in [-0.2, 0) is 11.2 Å². The number of halogens is 2. The maximum Gasteiger partial charge on any atom is 0.303 e. The molecule has 0 bridgehead atoms. The highest BCUT2D eigenvalue weighted by molar-refractivity contribution is 9.11. The molecule has 0 amide bonds. The van der Waals surface area contributed by atoms with Crippen molar-refractivity contribution in [3.8, 4) is 17.2 Å². The minimum atomic E-state index is -0.919. The Morgan fingerprint density at radius 3 is 2.21 bits per heavy atom. The van der Waals surface area contributed by atoms with E-state index in [4.69, 9.17) is 14.6 Å². The van der Waals surface area contributed by atoms with E-state index in [1.807, 2.05) is 55.5 Å². The van der Waals surface area contributed by atoms with E-state index >= 15 is 0 Å². The molecule has 3 rings (SSSR count). The summed E-state index contributed by atoms with van der Waals surface area (Å²) >= 11 is 7.13. The molecule has 0 spiro atoms. The van der Waals surface area contributed by atoms with Crippen LogP contribution in [0.15, 0.2) is 57.5 Å². The van der Waals surface area contributed by atoms with Gasteiger partial charge in [-0.05, 0) is 86.5 Å². The predicted molar refractivity (Wildman–Crippen MR) is 140 cm³/mol. The van der Waals surface area contributed by atoms with Crippen molar-refractivity contribution < 1.29 is 24.5 Å². The quantitative estimate of drug-likeness (QED) is 0.269. The molecule has 0 heterocycles. The first-order valence-corrected chi connectivity index (χ1v) is 12.5. The topological polar surface area (TPSA) is 76.0 Å². The third-order valence-corrected chi connectivity index (χ3v) is 6.71. The van der Waals surface area contributed by atoms with Crippen LogP contribution < -0.4 is 9.47 Å². The number of benzene rings is 3. The summed E-state index contributed by atoms with van der Waals surface area (Å²) in [6.45, 7) is 6.12. The van der Waals surface area contributed by atoms with Crippen LogP contribution in [0.1, 0.15) is 60.1 Å². The van der Waals surface area contributed by atoms with Crippen LogP contribution in [0, 0.1) is 6.92 Å². The van der Waals surface area contributed by atoms with E-state index in [0.717, 1.165) is 22.3 Å². The molecule has 0 saturated carbocycles. The summed E-state index contributed by atoms with van der Waals surface area (Å²) in [6.07, 6.45) is -0.468. The Balaban J connectivity index is 2.09. The van der Waals surface area contributed by atoms with Gasteiger partial charge in [0.1, 0.15) is 17.6 Å². The lowest BCUT2D eigenvalue weighted by molar-refractivity contribution is -0.136. The highest BCUT2D eigenvalue weighted by atomic mass is 79.9. The van der Waals surface area contributed by atoms with Crippen molar-refractivity contribution in [2.45, 2.75) is 45.6 Å². The second-order valence-electron chi connectivity index (χ2n) is 8.49. The first kappa shape index (κ1) is 26.3. The van der Waals surface area contributed by atoms with E-state index in [-0.39, 0.29) is 12.3 Å². The molecule has 7 heteroatoms. The molecule has 0 aliphatic heterocycles. The second kappa shape index (κ2) is 11.4. The van der Waals surface area contributed by atoms with Crippen molar-refractivity contribution >= 4 is 37.8 Å². The van der Waals surface area contributed by atoms with Gasteiger partial charge < -0.3 is 19.7 Å². The minimum Gasteiger partial charge on any atom is -0.496 e. The number of carboxylic acid groups (broad SMARTS) is 1. The molecule has 3 aromatic carbocycles. The molecule has 1 atom stereocenters. The third kappa shape index (κ3) is 6.20. The Labute approximate surface area is 217 Å². The number of carbonyl (C=O) groups is 1. The van der Waals surface area contributed by atoms with Crippen LogP contribution in [0.5, 0.6) is 17.2 Å². The van der Waals surface area contributed by atoms with Crippen molar-refractivity contribution in [3.63, 3.8) is 0 Å². The first-order chi connectivity index (χ1) is 16.1. The molecule has 0 aliphatic carbocycles. The number of hydrogen-bond acceptors (Lipinski definition) is 4. The molecule has 34 heavy (non-hydrogen) atoms. The number of methoxy groups -OCH3 is 1. The van der Waals surface area contributed by atoms with Gasteiger partial charge in [0.05, 0.1) is 16.1 Å². The van der Waals surface area contributed by atoms with Crippen molar-refractivity contribution in [3.05, 3.63) is 85.3 Å². The lowest BCUT2D eigenvalue weighted by atomic mass is 9.94. The van der Waals surface area contributed by atoms with E-state index in [9.17, 15) is 9.90 Å². The largest absolute Gasteiger partial charge is 0.496 e. The summed E-state index contributed by atoms with van der Waals surface area (Å²) in [6, 6.07) is 15.2. The molecule has 0 fully saturated rings. The second-order valence-corrected chi connectivity index (χ2v) is 10.2. The predicted octanol–water partition coefficient (Wildman–Crippen LogP) is 7.54. The van der Waals surface area contributed by atoms with Crippen molar-refractivity contribution in [1.29, 1.82) is 0 Å². The van der Waals surface area contributed by atoms with E-state index in [1.165, 1.54) is 0 Å². The number of aliphatic carboxylic acids is 1. The molecule has 5 nitrogen and oxygen atoms in total. The Kier molecular flexibility index (Phi) is 8.79. The average molecular weight is 592 g/mol. The Morgan fingerprint density at radius 1 is 1.00 bits per heavy atom. The fraction of sp³-hybridized carbons (Fsp3) is 0.296. The average Bonchev–Trinajstić information content (AvgIpc) is 2.79. The number of hydrogen-bond donors (Lipinski definition) is 2. The lowest BCUT2D eigenvalue weighted by Crippen LogP contribution is -2.06. The van der Waals surface area contributed by atoms with Crippen LogP contribution in [0.3, 0.4) is 0 Å². The molecule has 1 unspecified atom stereocenters. The van der Waals surface area contributed by atoms with Gasteiger partial charge >= 0.3 is 5.97 Å². The molecule has 0 radical (unpaired) electrons. The summed E-state index contributed by atoms with van der Waals surface area (Å²) in [7, 11) is 1.62. The first-order valence-electron chi connectivity index (χ1n) is 10.9. The van der Waals surface area contributed by atoms with Gasteiger partial charge in [-0.15, -0.1) is 0 Å². The Morgan fingerprint density at radius 2 is 1.65 bits per heavy atom. The van der Waals surface area contributed by atoms with E-state index in [2.05, 4.69) is 45.7 Å². The van der Waals surface area contributed by atoms with Gasteiger partial charge in [0.25, 0.3) is 0 Å². The number of ether oxygens (including phenoxy) is 2. The van der Waals surface area contributed by atoms with Crippen LogP contribution in [0.4, 0.5) is 0 Å². The van der Waals surface area contributed by atoms with Gasteiger partial charge in [0.15, 0.2) is 5.75 Å². The number of aliphatic hydroxyl groups is 1. The lowest BCUT2D eigenvalue weighted by Gasteiger charge is -2.22. The minimum absolute atomic E-state index is 0.0438. The normalized spacial score (nSPS) is 12.0. The monoisotopic (exact) mass is 590 g/mol. The summed E-state index contributed by atoms with van der Waals surface area (Å²) in [5, 5.41) is 20.3. The fourth-order valence-electron chi connectivity index (χ4n) is 3.76. The Bertz CT molecular complexity index is 1170. The van der Waals surface area contributed by atoms with Gasteiger partial charge in [-0.25, -0.2) is 0 Å². The van der Waals surface area contributed by atoms with Crippen LogP contribution in [0.2, 0.25) is 0 Å². The van der Waals surface area contributed by atoms with E-state index < -0.39 is 12.1 Å². The summed E-state index contributed by atoms with van der Waals surface area (Å²) in [4.78, 5) is 10.9. The number of aryl methyl sites for hydroxylation is 2. The van der Waals surface area contributed by atoms with Gasteiger partial charge in [-0.1, -0.05) is 43.7 Å². The van der Waals surface area contributed by atoms with Gasteiger partial charge in [0.2, 0.25) is 0 Å². The molecule has 0 saturated heterocycles. The van der Waals surface area contributed by atoms with Gasteiger partial charge in [0, 0.05) is 17.5 Å². The molecule has 180 valence electrons. The number of rotatable bonds is 9. The highest BCUT2D eigenvalue weighted by Crippen LogP contribution is 2.44. The molecule has 0 aliphatic rings. The zero-order valence-corrected chi connectivity index (χ0v) is 22.7. The number of aliphatic hydroxyl groups excluding tert-OH is 1. The zero-order chi connectivity index (χ0) is 25.0.